The average Bonchev–Trinajstić information content (AvgIpc) is 2.33. The molecule has 0 aliphatic heterocycles. The van der Waals surface area contributed by atoms with Crippen LogP contribution in [0.2, 0.25) is 0 Å². The molecule has 0 bridgehead atoms. The van der Waals surface area contributed by atoms with Crippen LogP contribution in [0.3, 0.4) is 0 Å². The van der Waals surface area contributed by atoms with Crippen LogP contribution in [0, 0.1) is 6.92 Å². The predicted molar refractivity (Wildman–Crippen MR) is 71.2 cm³/mol. The number of rotatable bonds is 3. The highest BCUT2D eigenvalue weighted by molar-refractivity contribution is 9.10. The molecule has 0 spiro atoms. The minimum Gasteiger partial charge on any atom is -0.292 e. The summed E-state index contributed by atoms with van der Waals surface area (Å²) in [5.74, 6) is 0.0480. The molecule has 0 saturated carbocycles. The van der Waals surface area contributed by atoms with Gasteiger partial charge in [0.25, 0.3) is 0 Å². The van der Waals surface area contributed by atoms with Gasteiger partial charge in [0.2, 0.25) is 0 Å². The maximum Gasteiger partial charge on any atom is 0.185 e. The molecule has 1 heterocycles. The van der Waals surface area contributed by atoms with E-state index in [-0.39, 0.29) is 5.78 Å². The summed E-state index contributed by atoms with van der Waals surface area (Å²) in [7, 11) is 0. The van der Waals surface area contributed by atoms with Crippen LogP contribution < -0.4 is 0 Å². The van der Waals surface area contributed by atoms with E-state index >= 15 is 0 Å². The van der Waals surface area contributed by atoms with Crippen LogP contribution in [0.15, 0.2) is 47.1 Å². The zero-order valence-electron chi connectivity index (χ0n) is 9.48. The fourth-order valence-electron chi connectivity index (χ4n) is 1.61. The van der Waals surface area contributed by atoms with Crippen molar-refractivity contribution in [1.29, 1.82) is 0 Å². The molecular formula is C14H12BrNO. The van der Waals surface area contributed by atoms with Gasteiger partial charge in [0.15, 0.2) is 5.78 Å². The highest BCUT2D eigenvalue weighted by Crippen LogP contribution is 2.12. The molecule has 0 radical (unpaired) electrons. The Morgan fingerprint density at radius 3 is 2.65 bits per heavy atom. The summed E-state index contributed by atoms with van der Waals surface area (Å²) in [5, 5.41) is 0. The van der Waals surface area contributed by atoms with Crippen LogP contribution in [0.5, 0.6) is 0 Å². The van der Waals surface area contributed by atoms with Gasteiger partial charge >= 0.3 is 0 Å². The molecule has 0 saturated heterocycles. The number of benzene rings is 1. The number of aryl methyl sites for hydroxylation is 1. The molecule has 0 aliphatic carbocycles. The van der Waals surface area contributed by atoms with Crippen molar-refractivity contribution in [3.63, 3.8) is 0 Å². The van der Waals surface area contributed by atoms with E-state index in [1.54, 1.807) is 12.3 Å². The van der Waals surface area contributed by atoms with Crippen molar-refractivity contribution < 1.29 is 4.79 Å². The lowest BCUT2D eigenvalue weighted by Gasteiger charge is -2.04. The van der Waals surface area contributed by atoms with Crippen molar-refractivity contribution in [1.82, 2.24) is 4.98 Å². The summed E-state index contributed by atoms with van der Waals surface area (Å²) in [6.45, 7) is 2.01. The lowest BCUT2D eigenvalue weighted by molar-refractivity contribution is 0.0988. The highest BCUT2D eigenvalue weighted by atomic mass is 79.9. The number of hydrogen-bond acceptors (Lipinski definition) is 2. The molecule has 0 fully saturated rings. The first kappa shape index (κ1) is 12.0. The summed E-state index contributed by atoms with van der Waals surface area (Å²) in [6.07, 6.45) is 2.05. The van der Waals surface area contributed by atoms with Crippen molar-refractivity contribution >= 4 is 21.7 Å². The number of aromatic nitrogens is 1. The molecule has 0 unspecified atom stereocenters. The van der Waals surface area contributed by atoms with E-state index in [1.165, 1.54) is 0 Å². The summed E-state index contributed by atoms with van der Waals surface area (Å²) in [5.41, 5.74) is 2.71. The SMILES string of the molecule is Cc1ccccc1CC(=O)c1ccc(Br)cn1. The fraction of sp³-hybridized carbons (Fsp3) is 0.143. The highest BCUT2D eigenvalue weighted by Gasteiger charge is 2.09. The molecule has 3 heteroatoms. The van der Waals surface area contributed by atoms with Crippen LogP contribution in [0.25, 0.3) is 0 Å². The van der Waals surface area contributed by atoms with Gasteiger partial charge in [-0.25, -0.2) is 0 Å². The zero-order chi connectivity index (χ0) is 12.3. The van der Waals surface area contributed by atoms with Gasteiger partial charge in [0, 0.05) is 17.1 Å². The van der Waals surface area contributed by atoms with Crippen LogP contribution in [0.4, 0.5) is 0 Å². The Kier molecular flexibility index (Phi) is 3.69. The molecule has 1 aromatic carbocycles. The van der Waals surface area contributed by atoms with Crippen LogP contribution in [-0.4, -0.2) is 10.8 Å². The molecule has 0 atom stereocenters. The largest absolute Gasteiger partial charge is 0.292 e. The van der Waals surface area contributed by atoms with Gasteiger partial charge in [-0.3, -0.25) is 9.78 Å². The number of Topliss-reactive ketones (excluding diaryl/α,β-unsaturated/α-hetero) is 1. The Bertz CT molecular complexity index is 534. The van der Waals surface area contributed by atoms with E-state index in [2.05, 4.69) is 20.9 Å². The maximum atomic E-state index is 12.0. The lowest BCUT2D eigenvalue weighted by atomic mass is 10.0. The van der Waals surface area contributed by atoms with Crippen molar-refractivity contribution in [3.8, 4) is 0 Å². The zero-order valence-corrected chi connectivity index (χ0v) is 11.1. The topological polar surface area (TPSA) is 30.0 Å². The van der Waals surface area contributed by atoms with Crippen molar-refractivity contribution in [3.05, 3.63) is 63.9 Å². The fourth-order valence-corrected chi connectivity index (χ4v) is 1.85. The normalized spacial score (nSPS) is 10.2. The van der Waals surface area contributed by atoms with Gasteiger partial charge in [-0.05, 0) is 46.1 Å². The first-order valence-electron chi connectivity index (χ1n) is 5.36. The second-order valence-corrected chi connectivity index (χ2v) is 4.80. The Morgan fingerprint density at radius 1 is 1.24 bits per heavy atom. The molecular weight excluding hydrogens is 278 g/mol. The Balaban J connectivity index is 2.17. The Hall–Kier alpha value is -1.48. The third kappa shape index (κ3) is 3.01. The first-order chi connectivity index (χ1) is 8.16. The molecule has 0 N–H and O–H groups in total. The standard InChI is InChI=1S/C14H12BrNO/c1-10-4-2-3-5-11(10)8-14(17)13-7-6-12(15)9-16-13/h2-7,9H,8H2,1H3. The summed E-state index contributed by atoms with van der Waals surface area (Å²) >= 11 is 3.30. The number of carbonyl (C=O) groups is 1. The minimum absolute atomic E-state index is 0.0480. The second-order valence-electron chi connectivity index (χ2n) is 3.89. The molecule has 17 heavy (non-hydrogen) atoms. The molecule has 2 aromatic rings. The van der Waals surface area contributed by atoms with Gasteiger partial charge in [-0.1, -0.05) is 24.3 Å². The number of nitrogens with zero attached hydrogens (tertiary/aromatic N) is 1. The van der Waals surface area contributed by atoms with Crippen molar-refractivity contribution in [2.75, 3.05) is 0 Å². The van der Waals surface area contributed by atoms with Crippen LogP contribution in [-0.2, 0) is 6.42 Å². The van der Waals surface area contributed by atoms with E-state index in [9.17, 15) is 4.79 Å². The van der Waals surface area contributed by atoms with E-state index < -0.39 is 0 Å². The van der Waals surface area contributed by atoms with Crippen molar-refractivity contribution in [2.24, 2.45) is 0 Å². The van der Waals surface area contributed by atoms with E-state index in [1.807, 2.05) is 37.3 Å². The minimum atomic E-state index is 0.0480. The van der Waals surface area contributed by atoms with E-state index in [0.717, 1.165) is 15.6 Å². The second kappa shape index (κ2) is 5.23. The monoisotopic (exact) mass is 289 g/mol. The van der Waals surface area contributed by atoms with E-state index in [4.69, 9.17) is 0 Å². The lowest BCUT2D eigenvalue weighted by Crippen LogP contribution is -2.06. The third-order valence-corrected chi connectivity index (χ3v) is 3.09. The molecule has 86 valence electrons. The van der Waals surface area contributed by atoms with Crippen LogP contribution >= 0.6 is 15.9 Å². The number of hydrogen-bond donors (Lipinski definition) is 0. The molecule has 0 aliphatic rings. The summed E-state index contributed by atoms with van der Waals surface area (Å²) in [6, 6.07) is 11.5. The number of pyridine rings is 1. The maximum absolute atomic E-state index is 12.0. The van der Waals surface area contributed by atoms with Crippen molar-refractivity contribution in [2.45, 2.75) is 13.3 Å². The van der Waals surface area contributed by atoms with Gasteiger partial charge in [-0.15, -0.1) is 0 Å². The summed E-state index contributed by atoms with van der Waals surface area (Å²) < 4.78 is 0.880. The van der Waals surface area contributed by atoms with Gasteiger partial charge in [0.1, 0.15) is 5.69 Å². The van der Waals surface area contributed by atoms with Crippen LogP contribution in [0.1, 0.15) is 21.6 Å². The van der Waals surface area contributed by atoms with E-state index in [0.29, 0.717) is 12.1 Å². The Morgan fingerprint density at radius 2 is 2.00 bits per heavy atom. The Labute approximate surface area is 109 Å². The molecule has 1 aromatic heterocycles. The molecule has 0 amide bonds. The first-order valence-corrected chi connectivity index (χ1v) is 6.15. The third-order valence-electron chi connectivity index (χ3n) is 2.63. The molecule has 2 rings (SSSR count). The number of ketones is 1. The van der Waals surface area contributed by atoms with Gasteiger partial charge < -0.3 is 0 Å². The predicted octanol–water partition coefficient (Wildman–Crippen LogP) is 3.58. The number of carbonyl (C=O) groups excluding carboxylic acids is 1. The molecule has 2 nitrogen and oxygen atoms in total. The smallest absolute Gasteiger partial charge is 0.185 e. The average molecular weight is 290 g/mol. The van der Waals surface area contributed by atoms with Gasteiger partial charge in [0.05, 0.1) is 0 Å². The summed E-state index contributed by atoms with van der Waals surface area (Å²) in [4.78, 5) is 16.1. The van der Waals surface area contributed by atoms with Gasteiger partial charge in [-0.2, -0.15) is 0 Å². The number of halogens is 1. The quantitative estimate of drug-likeness (QED) is 0.809.